The first kappa shape index (κ1) is 24.2. The van der Waals surface area contributed by atoms with E-state index in [4.69, 9.17) is 21.1 Å². The molecule has 27 heavy (non-hydrogen) atoms. The SMILES string of the molecule is CC(O)C(NC(=O)CNC(=O)C(CCC(=O)O)NC(=O)C(N)CO)C(=O)O. The quantitative estimate of drug-likeness (QED) is 0.159. The second kappa shape index (κ2) is 11.8. The Morgan fingerprint density at radius 1 is 1.04 bits per heavy atom. The number of carbonyl (C=O) groups is 5. The lowest BCUT2D eigenvalue weighted by Gasteiger charge is -2.20. The van der Waals surface area contributed by atoms with Crippen LogP contribution >= 0.6 is 0 Å². The number of carboxylic acids is 2. The van der Waals surface area contributed by atoms with E-state index < -0.39 is 73.5 Å². The summed E-state index contributed by atoms with van der Waals surface area (Å²) in [6, 6.07) is -4.25. The van der Waals surface area contributed by atoms with Gasteiger partial charge >= 0.3 is 11.9 Å². The number of hydrogen-bond acceptors (Lipinski definition) is 8. The van der Waals surface area contributed by atoms with Crippen molar-refractivity contribution in [2.45, 2.75) is 44.0 Å². The molecule has 0 fully saturated rings. The molecule has 0 aromatic carbocycles. The number of amides is 3. The van der Waals surface area contributed by atoms with Crippen molar-refractivity contribution < 1.29 is 44.4 Å². The summed E-state index contributed by atoms with van der Waals surface area (Å²) in [5, 5.41) is 41.9. The molecular formula is C14H24N4O9. The van der Waals surface area contributed by atoms with Crippen LogP contribution in [0.1, 0.15) is 19.8 Å². The number of carboxylic acid groups (broad SMARTS) is 2. The highest BCUT2D eigenvalue weighted by molar-refractivity contribution is 5.92. The molecule has 0 aliphatic heterocycles. The zero-order valence-corrected chi connectivity index (χ0v) is 14.5. The number of nitrogens with two attached hydrogens (primary N) is 1. The minimum atomic E-state index is -1.58. The zero-order valence-electron chi connectivity index (χ0n) is 14.5. The Bertz CT molecular complexity index is 567. The van der Waals surface area contributed by atoms with Gasteiger partial charge in [0.15, 0.2) is 6.04 Å². The highest BCUT2D eigenvalue weighted by Gasteiger charge is 2.27. The highest BCUT2D eigenvalue weighted by atomic mass is 16.4. The van der Waals surface area contributed by atoms with Crippen LogP contribution in [-0.2, 0) is 24.0 Å². The van der Waals surface area contributed by atoms with Crippen molar-refractivity contribution >= 4 is 29.7 Å². The van der Waals surface area contributed by atoms with Crippen molar-refractivity contribution in [2.24, 2.45) is 5.73 Å². The number of carbonyl (C=O) groups excluding carboxylic acids is 3. The monoisotopic (exact) mass is 392 g/mol. The highest BCUT2D eigenvalue weighted by Crippen LogP contribution is 1.99. The fourth-order valence-corrected chi connectivity index (χ4v) is 1.80. The molecule has 13 nitrogen and oxygen atoms in total. The maximum Gasteiger partial charge on any atom is 0.328 e. The van der Waals surface area contributed by atoms with Crippen molar-refractivity contribution in [3.05, 3.63) is 0 Å². The van der Waals surface area contributed by atoms with E-state index in [1.54, 1.807) is 0 Å². The van der Waals surface area contributed by atoms with Crippen LogP contribution in [-0.4, -0.2) is 87.5 Å². The molecule has 3 amide bonds. The normalized spacial score (nSPS) is 15.0. The molecular weight excluding hydrogens is 368 g/mol. The first-order valence-corrected chi connectivity index (χ1v) is 7.86. The van der Waals surface area contributed by atoms with Gasteiger partial charge in [0.1, 0.15) is 12.1 Å². The molecule has 0 radical (unpaired) electrons. The first-order chi connectivity index (χ1) is 12.5. The van der Waals surface area contributed by atoms with E-state index in [9.17, 15) is 29.1 Å². The number of aliphatic hydroxyl groups is 2. The minimum absolute atomic E-state index is 0.307. The van der Waals surface area contributed by atoms with E-state index in [1.165, 1.54) is 0 Å². The molecule has 4 unspecified atom stereocenters. The van der Waals surface area contributed by atoms with Crippen LogP contribution in [0.15, 0.2) is 0 Å². The van der Waals surface area contributed by atoms with Crippen LogP contribution in [0.25, 0.3) is 0 Å². The van der Waals surface area contributed by atoms with Gasteiger partial charge in [0.25, 0.3) is 0 Å². The molecule has 0 aliphatic rings. The van der Waals surface area contributed by atoms with E-state index in [0.29, 0.717) is 0 Å². The summed E-state index contributed by atoms with van der Waals surface area (Å²) in [5.41, 5.74) is 5.30. The Morgan fingerprint density at radius 2 is 1.63 bits per heavy atom. The van der Waals surface area contributed by atoms with E-state index in [1.807, 2.05) is 5.32 Å². The van der Waals surface area contributed by atoms with Crippen LogP contribution in [0, 0.1) is 0 Å². The maximum atomic E-state index is 12.1. The topological polar surface area (TPSA) is 228 Å². The van der Waals surface area contributed by atoms with E-state index in [-0.39, 0.29) is 6.42 Å². The molecule has 0 aromatic heterocycles. The van der Waals surface area contributed by atoms with Crippen molar-refractivity contribution in [3.8, 4) is 0 Å². The van der Waals surface area contributed by atoms with Gasteiger partial charge in [-0.15, -0.1) is 0 Å². The van der Waals surface area contributed by atoms with E-state index >= 15 is 0 Å². The second-order valence-electron chi connectivity index (χ2n) is 5.62. The van der Waals surface area contributed by atoms with Crippen LogP contribution in [0.3, 0.4) is 0 Å². The van der Waals surface area contributed by atoms with E-state index in [0.717, 1.165) is 6.92 Å². The van der Waals surface area contributed by atoms with Crippen LogP contribution in [0.4, 0.5) is 0 Å². The Labute approximate surface area is 153 Å². The number of rotatable bonds is 12. The van der Waals surface area contributed by atoms with Gasteiger partial charge in [-0.2, -0.15) is 0 Å². The summed E-state index contributed by atoms with van der Waals surface area (Å²) in [6.45, 7) is -0.224. The van der Waals surface area contributed by atoms with Gasteiger partial charge in [0.05, 0.1) is 19.3 Å². The lowest BCUT2D eigenvalue weighted by atomic mass is 10.1. The van der Waals surface area contributed by atoms with Crippen molar-refractivity contribution in [3.63, 3.8) is 0 Å². The third-order valence-electron chi connectivity index (χ3n) is 3.30. The van der Waals surface area contributed by atoms with Gasteiger partial charge in [-0.1, -0.05) is 0 Å². The second-order valence-corrected chi connectivity index (χ2v) is 5.62. The molecule has 0 aromatic rings. The average molecular weight is 392 g/mol. The van der Waals surface area contributed by atoms with Crippen molar-refractivity contribution in [1.29, 1.82) is 0 Å². The van der Waals surface area contributed by atoms with Gasteiger partial charge in [0, 0.05) is 6.42 Å². The van der Waals surface area contributed by atoms with Gasteiger partial charge in [-0.05, 0) is 13.3 Å². The Balaban J connectivity index is 4.82. The van der Waals surface area contributed by atoms with Gasteiger partial charge in [-0.3, -0.25) is 19.2 Å². The summed E-state index contributed by atoms with van der Waals surface area (Å²) >= 11 is 0. The fraction of sp³-hybridized carbons (Fsp3) is 0.643. The maximum absolute atomic E-state index is 12.1. The standard InChI is InChI=1S/C14H24N4O9/c1-6(20)11(14(26)27)18-9(21)4-16-13(25)8(2-3-10(22)23)17-12(24)7(15)5-19/h6-8,11,19-20H,2-5,15H2,1H3,(H,16,25)(H,17,24)(H,18,21)(H,22,23)(H,26,27). The molecule has 13 heteroatoms. The summed E-state index contributed by atoms with van der Waals surface area (Å²) in [6.07, 6.45) is -2.16. The molecule has 0 heterocycles. The molecule has 0 rings (SSSR count). The lowest BCUT2D eigenvalue weighted by Crippen LogP contribution is -2.55. The van der Waals surface area contributed by atoms with Crippen LogP contribution < -0.4 is 21.7 Å². The predicted molar refractivity (Wildman–Crippen MR) is 88.1 cm³/mol. The molecule has 4 atom stereocenters. The molecule has 154 valence electrons. The fourth-order valence-electron chi connectivity index (χ4n) is 1.80. The summed E-state index contributed by atoms with van der Waals surface area (Å²) in [7, 11) is 0. The molecule has 0 saturated carbocycles. The number of hydrogen-bond donors (Lipinski definition) is 8. The number of aliphatic hydroxyl groups excluding tert-OH is 2. The third-order valence-corrected chi connectivity index (χ3v) is 3.30. The van der Waals surface area contributed by atoms with Gasteiger partial charge < -0.3 is 42.1 Å². The zero-order chi connectivity index (χ0) is 21.1. The van der Waals surface area contributed by atoms with Gasteiger partial charge in [0.2, 0.25) is 17.7 Å². The lowest BCUT2D eigenvalue weighted by molar-refractivity contribution is -0.144. The summed E-state index contributed by atoms with van der Waals surface area (Å²) in [4.78, 5) is 57.0. The Morgan fingerprint density at radius 3 is 2.07 bits per heavy atom. The molecule has 0 spiro atoms. The van der Waals surface area contributed by atoms with Crippen LogP contribution in [0.2, 0.25) is 0 Å². The Hall–Kier alpha value is -2.77. The Kier molecular flexibility index (Phi) is 10.6. The molecule has 0 saturated heterocycles. The average Bonchev–Trinajstić information content (AvgIpc) is 2.59. The van der Waals surface area contributed by atoms with E-state index in [2.05, 4.69) is 10.6 Å². The van der Waals surface area contributed by atoms with Gasteiger partial charge in [-0.25, -0.2) is 4.79 Å². The van der Waals surface area contributed by atoms with Crippen molar-refractivity contribution in [2.75, 3.05) is 13.2 Å². The predicted octanol–water partition coefficient (Wildman–Crippen LogP) is -4.28. The third kappa shape index (κ3) is 9.48. The largest absolute Gasteiger partial charge is 0.481 e. The smallest absolute Gasteiger partial charge is 0.328 e. The number of aliphatic carboxylic acids is 2. The molecule has 0 bridgehead atoms. The summed E-state index contributed by atoms with van der Waals surface area (Å²) < 4.78 is 0. The minimum Gasteiger partial charge on any atom is -0.481 e. The first-order valence-electron chi connectivity index (χ1n) is 7.86. The summed E-state index contributed by atoms with van der Waals surface area (Å²) in [5.74, 6) is -5.44. The van der Waals surface area contributed by atoms with Crippen molar-refractivity contribution in [1.82, 2.24) is 16.0 Å². The number of nitrogens with one attached hydrogen (secondary N) is 3. The molecule has 9 N–H and O–H groups in total. The van der Waals surface area contributed by atoms with Crippen LogP contribution in [0.5, 0.6) is 0 Å². The molecule has 0 aliphatic carbocycles.